The fourth-order valence-corrected chi connectivity index (χ4v) is 10.2. The molecular weight excluding hydrogens is 520 g/mol. The van der Waals surface area contributed by atoms with E-state index >= 15 is 0 Å². The van der Waals surface area contributed by atoms with Gasteiger partial charge in [0, 0.05) is 23.3 Å². The van der Waals surface area contributed by atoms with Crippen LogP contribution >= 0.6 is 0 Å². The van der Waals surface area contributed by atoms with Gasteiger partial charge >= 0.3 is 17.9 Å². The van der Waals surface area contributed by atoms with Crippen molar-refractivity contribution in [1.82, 2.24) is 0 Å². The van der Waals surface area contributed by atoms with Crippen LogP contribution in [0.15, 0.2) is 23.3 Å². The zero-order chi connectivity index (χ0) is 30.7. The van der Waals surface area contributed by atoms with E-state index in [0.29, 0.717) is 18.3 Å². The number of hydrogen-bond donors (Lipinski definition) is 2. The third-order valence-corrected chi connectivity index (χ3v) is 12.8. The molecule has 2 fully saturated rings. The van der Waals surface area contributed by atoms with Crippen LogP contribution in [0, 0.1) is 45.3 Å². The fraction of sp³-hybridized carbons (Fsp3) is 0.765. The third-order valence-electron chi connectivity index (χ3n) is 12.8. The highest BCUT2D eigenvalue weighted by atomic mass is 16.5. The second-order valence-corrected chi connectivity index (χ2v) is 15.0. The number of aliphatic carboxylic acids is 2. The molecule has 0 saturated heterocycles. The van der Waals surface area contributed by atoms with Crippen molar-refractivity contribution >= 4 is 23.7 Å². The molecule has 0 aromatic carbocycles. The van der Waals surface area contributed by atoms with Crippen molar-refractivity contribution in [2.45, 2.75) is 119 Å². The van der Waals surface area contributed by atoms with Crippen LogP contribution in [0.2, 0.25) is 0 Å². The SMILES string of the molecule is C=C(C(=O)O)C(C)C(=O)C[C@@H](C)[C@H]1CC[C@@]2(C)C3=C(CC[C@]12C)[C@@]1(C)CC[C@@H](OC(=O)CC(=O)O)C(C)(C)[C@@H]1CC3. The molecule has 1 unspecified atom stereocenters. The summed E-state index contributed by atoms with van der Waals surface area (Å²) in [4.78, 5) is 47.7. The van der Waals surface area contributed by atoms with Gasteiger partial charge in [0.2, 0.25) is 0 Å². The van der Waals surface area contributed by atoms with E-state index in [2.05, 4.69) is 48.1 Å². The summed E-state index contributed by atoms with van der Waals surface area (Å²) in [5.74, 6) is -2.72. The molecule has 0 bridgehead atoms. The van der Waals surface area contributed by atoms with Gasteiger partial charge in [-0.25, -0.2) is 4.79 Å². The van der Waals surface area contributed by atoms with Crippen molar-refractivity contribution in [1.29, 1.82) is 0 Å². The van der Waals surface area contributed by atoms with Crippen LogP contribution in [0.4, 0.5) is 0 Å². The number of esters is 1. The molecule has 8 atom stereocenters. The fourth-order valence-electron chi connectivity index (χ4n) is 10.2. The summed E-state index contributed by atoms with van der Waals surface area (Å²) in [7, 11) is 0. The van der Waals surface area contributed by atoms with Crippen molar-refractivity contribution in [3.63, 3.8) is 0 Å². The summed E-state index contributed by atoms with van der Waals surface area (Å²) in [6, 6.07) is 0. The Balaban J connectivity index is 1.57. The van der Waals surface area contributed by atoms with Crippen molar-refractivity contribution in [2.75, 3.05) is 0 Å². The summed E-state index contributed by atoms with van der Waals surface area (Å²) in [5.41, 5.74) is 3.08. The van der Waals surface area contributed by atoms with Crippen LogP contribution in [-0.2, 0) is 23.9 Å². The number of allylic oxidation sites excluding steroid dienone is 2. The van der Waals surface area contributed by atoms with Crippen LogP contribution in [0.5, 0.6) is 0 Å². The smallest absolute Gasteiger partial charge is 0.331 e. The molecule has 2 N–H and O–H groups in total. The average molecular weight is 571 g/mol. The van der Waals surface area contributed by atoms with Crippen LogP contribution in [0.1, 0.15) is 113 Å². The third kappa shape index (κ3) is 4.99. The van der Waals surface area contributed by atoms with E-state index in [0.717, 1.165) is 51.4 Å². The standard InChI is InChI=1S/C34H50O7/c1-19(17-25(35)20(2)21(3)30(39)40)22-11-15-34(8)24-9-10-26-31(4,5)27(41-29(38)18-28(36)37)13-14-32(26,6)23(24)12-16-33(22,34)7/h19-20,22,26-27H,3,9-18H2,1-2,4-8H3,(H,36,37)(H,39,40)/t19-,20?,22-,26+,27-,32-,33-,34+/m1/s1. The average Bonchev–Trinajstić information content (AvgIpc) is 3.15. The minimum absolute atomic E-state index is 0.0173. The second kappa shape index (κ2) is 10.7. The number of carboxylic acid groups (broad SMARTS) is 2. The predicted octanol–water partition coefficient (Wildman–Crippen LogP) is 6.99. The molecule has 41 heavy (non-hydrogen) atoms. The van der Waals surface area contributed by atoms with Gasteiger partial charge in [0.25, 0.3) is 0 Å². The molecule has 0 spiro atoms. The number of fused-ring (bicyclic) bond motifs is 4. The lowest BCUT2D eigenvalue weighted by molar-refractivity contribution is -0.172. The van der Waals surface area contributed by atoms with Gasteiger partial charge < -0.3 is 14.9 Å². The predicted molar refractivity (Wildman–Crippen MR) is 156 cm³/mol. The molecule has 4 rings (SSSR count). The van der Waals surface area contributed by atoms with E-state index < -0.39 is 30.2 Å². The highest BCUT2D eigenvalue weighted by Gasteiger charge is 2.63. The lowest BCUT2D eigenvalue weighted by Gasteiger charge is -2.62. The van der Waals surface area contributed by atoms with Crippen LogP contribution < -0.4 is 0 Å². The molecule has 4 aliphatic carbocycles. The van der Waals surface area contributed by atoms with Crippen LogP contribution in [0.3, 0.4) is 0 Å². The maximum absolute atomic E-state index is 13.0. The van der Waals surface area contributed by atoms with Gasteiger partial charge in [-0.2, -0.15) is 0 Å². The summed E-state index contributed by atoms with van der Waals surface area (Å²) >= 11 is 0. The number of carboxylic acids is 2. The number of carbonyl (C=O) groups is 4. The zero-order valence-corrected chi connectivity index (χ0v) is 26.1. The van der Waals surface area contributed by atoms with Gasteiger partial charge in [0.05, 0.1) is 0 Å². The van der Waals surface area contributed by atoms with E-state index in [1.165, 1.54) is 0 Å². The monoisotopic (exact) mass is 570 g/mol. The number of hydrogen-bond acceptors (Lipinski definition) is 5. The Morgan fingerprint density at radius 2 is 1.59 bits per heavy atom. The summed E-state index contributed by atoms with van der Waals surface area (Å²) < 4.78 is 5.77. The Hall–Kier alpha value is -2.44. The first kappa shape index (κ1) is 31.5. The maximum atomic E-state index is 13.0. The molecule has 4 aliphatic rings. The van der Waals surface area contributed by atoms with Crippen LogP contribution in [-0.4, -0.2) is 40.0 Å². The zero-order valence-electron chi connectivity index (χ0n) is 26.1. The molecule has 228 valence electrons. The molecule has 0 aromatic heterocycles. The molecule has 7 heteroatoms. The number of rotatable bonds is 9. The van der Waals surface area contributed by atoms with Crippen molar-refractivity contribution in [3.05, 3.63) is 23.3 Å². The van der Waals surface area contributed by atoms with Gasteiger partial charge in [0.15, 0.2) is 0 Å². The minimum atomic E-state index is -1.16. The van der Waals surface area contributed by atoms with Crippen molar-refractivity contribution < 1.29 is 34.1 Å². The summed E-state index contributed by atoms with van der Waals surface area (Å²) in [5, 5.41) is 18.3. The number of carbonyl (C=O) groups excluding carboxylic acids is 2. The van der Waals surface area contributed by atoms with Crippen molar-refractivity contribution in [3.8, 4) is 0 Å². The van der Waals surface area contributed by atoms with E-state index in [9.17, 15) is 24.3 Å². The number of ketones is 1. The molecular formula is C34H50O7. The molecule has 0 aromatic rings. The first-order valence-corrected chi connectivity index (χ1v) is 15.5. The second-order valence-electron chi connectivity index (χ2n) is 15.0. The molecule has 0 radical (unpaired) electrons. The Kier molecular flexibility index (Phi) is 8.20. The summed E-state index contributed by atoms with van der Waals surface area (Å²) in [6.07, 6.45) is 7.49. The molecule has 0 heterocycles. The first-order chi connectivity index (χ1) is 18.9. The number of ether oxygens (including phenoxy) is 1. The van der Waals surface area contributed by atoms with Gasteiger partial charge in [-0.15, -0.1) is 0 Å². The Bertz CT molecular complexity index is 1180. The normalized spacial score (nSPS) is 37.2. The van der Waals surface area contributed by atoms with Gasteiger partial charge in [-0.05, 0) is 85.4 Å². The highest BCUT2D eigenvalue weighted by molar-refractivity contribution is 5.96. The molecule has 7 nitrogen and oxygen atoms in total. The van der Waals surface area contributed by atoms with Gasteiger partial charge in [0.1, 0.15) is 18.3 Å². The Morgan fingerprint density at radius 1 is 0.927 bits per heavy atom. The van der Waals surface area contributed by atoms with Gasteiger partial charge in [-0.1, -0.05) is 66.2 Å². The molecule has 0 amide bonds. The van der Waals surface area contributed by atoms with Gasteiger partial charge in [-0.3, -0.25) is 14.4 Å². The number of Topliss-reactive ketones (excluding diaryl/α,β-unsaturated/α-hetero) is 1. The summed E-state index contributed by atoms with van der Waals surface area (Å²) in [6.45, 7) is 19.1. The van der Waals surface area contributed by atoms with Crippen LogP contribution in [0.25, 0.3) is 0 Å². The van der Waals surface area contributed by atoms with E-state index in [1.807, 2.05) is 0 Å². The van der Waals surface area contributed by atoms with E-state index in [-0.39, 0.29) is 45.0 Å². The maximum Gasteiger partial charge on any atom is 0.331 e. The Morgan fingerprint density at radius 3 is 2.20 bits per heavy atom. The lowest BCUT2D eigenvalue weighted by atomic mass is 9.43. The first-order valence-electron chi connectivity index (χ1n) is 15.5. The highest BCUT2D eigenvalue weighted by Crippen LogP contribution is 2.72. The van der Waals surface area contributed by atoms with Crippen molar-refractivity contribution in [2.24, 2.45) is 45.3 Å². The largest absolute Gasteiger partial charge is 0.481 e. The van der Waals surface area contributed by atoms with E-state index in [4.69, 9.17) is 9.84 Å². The lowest BCUT2D eigenvalue weighted by Crippen LogP contribution is -2.56. The molecule has 2 saturated carbocycles. The minimum Gasteiger partial charge on any atom is -0.481 e. The van der Waals surface area contributed by atoms with E-state index in [1.54, 1.807) is 18.1 Å². The molecule has 0 aliphatic heterocycles. The quantitative estimate of drug-likeness (QED) is 0.133. The topological polar surface area (TPSA) is 118 Å². The Labute approximate surface area is 245 Å².